The third kappa shape index (κ3) is 38.9. The van der Waals surface area contributed by atoms with Gasteiger partial charge in [0.1, 0.15) is 0 Å². The molecule has 8 heavy (non-hydrogen) atoms. The van der Waals surface area contributed by atoms with E-state index in [4.69, 9.17) is 5.11 Å². The van der Waals surface area contributed by atoms with E-state index < -0.39 is 0 Å². The molecule has 0 rings (SSSR count). The zero-order chi connectivity index (χ0) is 6.83. The fourth-order valence-electron chi connectivity index (χ4n) is 0.158. The van der Waals surface area contributed by atoms with Crippen molar-refractivity contribution in [2.75, 3.05) is 6.61 Å². The van der Waals surface area contributed by atoms with Crippen molar-refractivity contribution in [3.05, 3.63) is 12.3 Å². The van der Waals surface area contributed by atoms with Crippen LogP contribution in [0.4, 0.5) is 0 Å². The van der Waals surface area contributed by atoms with Crippen molar-refractivity contribution < 1.29 is 5.11 Å². The molecule has 0 spiro atoms. The summed E-state index contributed by atoms with van der Waals surface area (Å²) < 4.78 is 0. The monoisotopic (exact) mass is 132 g/mol. The molecule has 0 heterocycles. The van der Waals surface area contributed by atoms with Gasteiger partial charge in [0.05, 0.1) is 0 Å². The zero-order valence-electron chi connectivity index (χ0n) is 5.85. The predicted octanol–water partition coefficient (Wildman–Crippen LogP) is 0.274. The standard InChI is InChI=1S/C4H10O.C2H6Si/c1-2-3-4-5;1-2-3/h5H,2-4H2,1H3;2H,1H2,3H3. The lowest BCUT2D eigenvalue weighted by atomic mass is 10.4. The first-order valence-electron chi connectivity index (χ1n) is 3.01. The van der Waals surface area contributed by atoms with E-state index in [-0.39, 0.29) is 0 Å². The van der Waals surface area contributed by atoms with Gasteiger partial charge in [0.25, 0.3) is 0 Å². The Bertz CT molecular complexity index is 35.5. The molecule has 0 saturated heterocycles. The maximum atomic E-state index is 8.07. The van der Waals surface area contributed by atoms with E-state index in [1.54, 1.807) is 0 Å². The highest BCUT2D eigenvalue weighted by Crippen LogP contribution is 1.78. The fraction of sp³-hybridized carbons (Fsp3) is 0.667. The van der Waals surface area contributed by atoms with Crippen molar-refractivity contribution in [2.24, 2.45) is 0 Å². The van der Waals surface area contributed by atoms with Crippen molar-refractivity contribution in [1.29, 1.82) is 0 Å². The molecule has 50 valence electrons. The molecule has 0 unspecified atom stereocenters. The summed E-state index contributed by atoms with van der Waals surface area (Å²) in [6.07, 6.45) is 2.04. The van der Waals surface area contributed by atoms with Crippen LogP contribution < -0.4 is 0 Å². The van der Waals surface area contributed by atoms with Gasteiger partial charge in [0.2, 0.25) is 0 Å². The molecule has 0 aliphatic rings. The van der Waals surface area contributed by atoms with Gasteiger partial charge in [-0.25, -0.2) is 0 Å². The summed E-state index contributed by atoms with van der Waals surface area (Å²) in [7, 11) is 1.13. The summed E-state index contributed by atoms with van der Waals surface area (Å²) in [6.45, 7) is 5.82. The highest BCUT2D eigenvalue weighted by molar-refractivity contribution is 6.16. The van der Waals surface area contributed by atoms with E-state index in [1.165, 1.54) is 0 Å². The molecule has 2 heteroatoms. The second kappa shape index (κ2) is 15.8. The zero-order valence-corrected chi connectivity index (χ0v) is 7.85. The average molecular weight is 132 g/mol. The van der Waals surface area contributed by atoms with Gasteiger partial charge < -0.3 is 5.11 Å². The molecule has 0 fully saturated rings. The van der Waals surface area contributed by atoms with Crippen molar-refractivity contribution in [3.8, 4) is 0 Å². The van der Waals surface area contributed by atoms with Crippen LogP contribution in [0.1, 0.15) is 19.8 Å². The molecule has 0 aliphatic carbocycles. The molecule has 0 aromatic carbocycles. The topological polar surface area (TPSA) is 20.2 Å². The van der Waals surface area contributed by atoms with E-state index in [2.05, 4.69) is 13.5 Å². The summed E-state index contributed by atoms with van der Waals surface area (Å²) in [5, 5.41) is 8.07. The van der Waals surface area contributed by atoms with E-state index in [0.29, 0.717) is 6.61 Å². The molecule has 0 saturated carbocycles. The number of unbranched alkanes of at least 4 members (excludes halogenated alkanes) is 1. The van der Waals surface area contributed by atoms with Crippen molar-refractivity contribution in [2.45, 2.75) is 19.8 Å². The number of aliphatic hydroxyl groups is 1. The van der Waals surface area contributed by atoms with Gasteiger partial charge in [-0.1, -0.05) is 13.3 Å². The van der Waals surface area contributed by atoms with E-state index in [1.807, 2.05) is 5.70 Å². The van der Waals surface area contributed by atoms with Crippen LogP contribution in [-0.2, 0) is 0 Å². The smallest absolute Gasteiger partial charge is 0.0430 e. The molecular weight excluding hydrogens is 116 g/mol. The lowest BCUT2D eigenvalue weighted by Crippen LogP contribution is -1.75. The Morgan fingerprint density at radius 2 is 2.12 bits per heavy atom. The predicted molar refractivity (Wildman–Crippen MR) is 42.1 cm³/mol. The minimum absolute atomic E-state index is 0.344. The minimum atomic E-state index is 0.344. The van der Waals surface area contributed by atoms with Crippen LogP contribution in [0.25, 0.3) is 0 Å². The van der Waals surface area contributed by atoms with Gasteiger partial charge in [-0.3, -0.25) is 0 Å². The quantitative estimate of drug-likeness (QED) is 0.535. The fourth-order valence-corrected chi connectivity index (χ4v) is 0.158. The van der Waals surface area contributed by atoms with Crippen LogP contribution in [0.5, 0.6) is 0 Å². The third-order valence-electron chi connectivity index (χ3n) is 0.512. The van der Waals surface area contributed by atoms with E-state index >= 15 is 0 Å². The lowest BCUT2D eigenvalue weighted by molar-refractivity contribution is 0.287. The van der Waals surface area contributed by atoms with Gasteiger partial charge in [-0.2, -0.15) is 0 Å². The van der Waals surface area contributed by atoms with Crippen LogP contribution >= 0.6 is 0 Å². The molecule has 0 radical (unpaired) electrons. The Labute approximate surface area is 54.8 Å². The maximum absolute atomic E-state index is 8.07. The van der Waals surface area contributed by atoms with Crippen LogP contribution in [0.15, 0.2) is 12.3 Å². The van der Waals surface area contributed by atoms with Crippen LogP contribution in [0.3, 0.4) is 0 Å². The molecule has 0 aromatic heterocycles. The van der Waals surface area contributed by atoms with Gasteiger partial charge >= 0.3 is 0 Å². The minimum Gasteiger partial charge on any atom is -0.396 e. The lowest BCUT2D eigenvalue weighted by Gasteiger charge is -1.79. The Morgan fingerprint density at radius 3 is 2.12 bits per heavy atom. The summed E-state index contributed by atoms with van der Waals surface area (Å²) in [5.41, 5.74) is 1.89. The Morgan fingerprint density at radius 1 is 1.75 bits per heavy atom. The Balaban J connectivity index is 0. The first kappa shape index (κ1) is 10.8. The average Bonchev–Trinajstić information content (AvgIpc) is 1.71. The molecular formula is C6H16OSi. The SMILES string of the molecule is C=C[SiH3].CCCCO. The van der Waals surface area contributed by atoms with Gasteiger partial charge in [-0.05, 0) is 6.42 Å². The molecule has 1 N–H and O–H groups in total. The van der Waals surface area contributed by atoms with Crippen molar-refractivity contribution >= 4 is 10.2 Å². The first-order chi connectivity index (χ1) is 3.83. The van der Waals surface area contributed by atoms with Crippen LogP contribution in [0.2, 0.25) is 0 Å². The van der Waals surface area contributed by atoms with Gasteiger partial charge in [0.15, 0.2) is 0 Å². The Kier molecular flexibility index (Phi) is 21.3. The second-order valence-electron chi connectivity index (χ2n) is 1.49. The van der Waals surface area contributed by atoms with Gasteiger partial charge in [-0.15, -0.1) is 12.3 Å². The highest BCUT2D eigenvalue weighted by atomic mass is 28.1. The molecule has 0 aromatic rings. The number of hydrogen-bond donors (Lipinski definition) is 1. The van der Waals surface area contributed by atoms with E-state index in [9.17, 15) is 0 Å². The third-order valence-corrected chi connectivity index (χ3v) is 0.512. The molecule has 0 aliphatic heterocycles. The highest BCUT2D eigenvalue weighted by Gasteiger charge is 1.69. The number of rotatable bonds is 2. The largest absolute Gasteiger partial charge is 0.396 e. The molecule has 1 nitrogen and oxygen atoms in total. The summed E-state index contributed by atoms with van der Waals surface area (Å²) in [6, 6.07) is 0. The molecule has 0 bridgehead atoms. The summed E-state index contributed by atoms with van der Waals surface area (Å²) >= 11 is 0. The summed E-state index contributed by atoms with van der Waals surface area (Å²) in [5.74, 6) is 0. The van der Waals surface area contributed by atoms with Crippen molar-refractivity contribution in [1.82, 2.24) is 0 Å². The van der Waals surface area contributed by atoms with Crippen LogP contribution in [0, 0.1) is 0 Å². The number of aliphatic hydroxyl groups excluding tert-OH is 1. The normalized spacial score (nSPS) is 7.25. The first-order valence-corrected chi connectivity index (χ1v) is 4.16. The maximum Gasteiger partial charge on any atom is 0.0430 e. The molecule has 0 amide bonds. The second-order valence-corrected chi connectivity index (χ2v) is 2.30. The van der Waals surface area contributed by atoms with Gasteiger partial charge in [0, 0.05) is 16.8 Å². The summed E-state index contributed by atoms with van der Waals surface area (Å²) in [4.78, 5) is 0. The number of hydrogen-bond acceptors (Lipinski definition) is 1. The Hall–Kier alpha value is -0.0831. The van der Waals surface area contributed by atoms with E-state index in [0.717, 1.165) is 23.1 Å². The van der Waals surface area contributed by atoms with Crippen LogP contribution in [-0.4, -0.2) is 22.0 Å². The van der Waals surface area contributed by atoms with Crippen molar-refractivity contribution in [3.63, 3.8) is 0 Å². The molecule has 0 atom stereocenters.